The van der Waals surface area contributed by atoms with Gasteiger partial charge in [0.15, 0.2) is 6.61 Å². The molecule has 1 aromatic carbocycles. The Labute approximate surface area is 108 Å². The Balaban J connectivity index is 2.22. The fraction of sp³-hybridized carbons (Fsp3) is 0.500. The van der Waals surface area contributed by atoms with Crippen LogP contribution in [0.4, 0.5) is 0 Å². The highest BCUT2D eigenvalue weighted by atomic mass is 16.5. The Bertz CT molecular complexity index is 353. The molecular formula is C14H21NO3. The molecule has 2 atom stereocenters. The summed E-state index contributed by atoms with van der Waals surface area (Å²) in [5.74, 6) is 0.622. The minimum absolute atomic E-state index is 0.0305. The number of carbonyl (C=O) groups is 1. The lowest BCUT2D eigenvalue weighted by molar-refractivity contribution is -0.123. The highest BCUT2D eigenvalue weighted by Gasteiger charge is 2.13. The molecule has 4 heteroatoms. The van der Waals surface area contributed by atoms with Gasteiger partial charge in [-0.1, -0.05) is 38.5 Å². The Kier molecular flexibility index (Phi) is 6.22. The minimum atomic E-state index is -0.504. The maximum Gasteiger partial charge on any atom is 0.258 e. The Hall–Kier alpha value is -1.55. The van der Waals surface area contributed by atoms with Gasteiger partial charge in [0.25, 0.3) is 5.91 Å². The molecule has 1 aromatic rings. The summed E-state index contributed by atoms with van der Waals surface area (Å²) in [6.07, 6.45) is 0.382. The summed E-state index contributed by atoms with van der Waals surface area (Å²) in [6.45, 7) is 4.20. The molecule has 1 amide bonds. The van der Waals surface area contributed by atoms with Crippen LogP contribution in [0.5, 0.6) is 5.75 Å². The van der Waals surface area contributed by atoms with E-state index in [0.29, 0.717) is 5.75 Å². The third kappa shape index (κ3) is 5.19. The molecule has 0 unspecified atom stereocenters. The largest absolute Gasteiger partial charge is 0.484 e. The predicted molar refractivity (Wildman–Crippen MR) is 70.4 cm³/mol. The van der Waals surface area contributed by atoms with Gasteiger partial charge in [-0.2, -0.15) is 0 Å². The van der Waals surface area contributed by atoms with Crippen LogP contribution in [0.15, 0.2) is 30.3 Å². The number of amides is 1. The number of para-hydroxylation sites is 1. The van der Waals surface area contributed by atoms with Crippen molar-refractivity contribution in [2.75, 3.05) is 13.2 Å². The lowest BCUT2D eigenvalue weighted by Gasteiger charge is -2.17. The second-order valence-electron chi connectivity index (χ2n) is 4.36. The standard InChI is InChI=1S/C14H21NO3/c1-3-11(2)13(16)9-15-14(17)10-18-12-7-5-4-6-8-12/h4-8,11,13,16H,3,9-10H2,1-2H3,(H,15,17)/t11-,13+/m0/s1. The molecule has 0 fully saturated rings. The van der Waals surface area contributed by atoms with E-state index >= 15 is 0 Å². The molecule has 18 heavy (non-hydrogen) atoms. The number of nitrogens with one attached hydrogen (secondary N) is 1. The van der Waals surface area contributed by atoms with Crippen LogP contribution in [0.2, 0.25) is 0 Å². The summed E-state index contributed by atoms with van der Waals surface area (Å²) in [5, 5.41) is 12.4. The maximum atomic E-state index is 11.5. The lowest BCUT2D eigenvalue weighted by atomic mass is 10.0. The minimum Gasteiger partial charge on any atom is -0.484 e. The molecule has 0 aliphatic heterocycles. The normalized spacial score (nSPS) is 13.7. The van der Waals surface area contributed by atoms with Gasteiger partial charge in [0.2, 0.25) is 0 Å². The summed E-state index contributed by atoms with van der Waals surface area (Å²) >= 11 is 0. The zero-order valence-electron chi connectivity index (χ0n) is 10.9. The lowest BCUT2D eigenvalue weighted by Crippen LogP contribution is -2.37. The zero-order chi connectivity index (χ0) is 13.4. The summed E-state index contributed by atoms with van der Waals surface area (Å²) in [7, 11) is 0. The first-order chi connectivity index (χ1) is 8.63. The molecule has 4 nitrogen and oxygen atoms in total. The average molecular weight is 251 g/mol. The molecule has 1 rings (SSSR count). The molecule has 0 radical (unpaired) electrons. The third-order valence-corrected chi connectivity index (χ3v) is 2.92. The molecule has 0 saturated carbocycles. The van der Waals surface area contributed by atoms with E-state index < -0.39 is 6.10 Å². The van der Waals surface area contributed by atoms with Crippen molar-refractivity contribution in [2.24, 2.45) is 5.92 Å². The van der Waals surface area contributed by atoms with E-state index in [1.54, 1.807) is 12.1 Å². The summed E-state index contributed by atoms with van der Waals surface area (Å²) in [4.78, 5) is 11.5. The Morgan fingerprint density at radius 1 is 1.39 bits per heavy atom. The van der Waals surface area contributed by atoms with Crippen LogP contribution in [0.1, 0.15) is 20.3 Å². The molecule has 0 aliphatic carbocycles. The van der Waals surface area contributed by atoms with Gasteiger partial charge in [0.1, 0.15) is 5.75 Å². The first-order valence-electron chi connectivity index (χ1n) is 6.26. The average Bonchev–Trinajstić information content (AvgIpc) is 2.42. The van der Waals surface area contributed by atoms with Crippen LogP contribution in [-0.2, 0) is 4.79 Å². The van der Waals surface area contributed by atoms with Crippen molar-refractivity contribution in [1.29, 1.82) is 0 Å². The van der Waals surface area contributed by atoms with Crippen LogP contribution in [0.3, 0.4) is 0 Å². The number of rotatable bonds is 7. The molecular weight excluding hydrogens is 230 g/mol. The fourth-order valence-electron chi connectivity index (χ4n) is 1.41. The number of ether oxygens (including phenoxy) is 1. The molecule has 2 N–H and O–H groups in total. The SMILES string of the molecule is CC[C@H](C)[C@H](O)CNC(=O)COc1ccccc1. The van der Waals surface area contributed by atoms with Gasteiger partial charge in [0, 0.05) is 6.54 Å². The van der Waals surface area contributed by atoms with E-state index in [9.17, 15) is 9.90 Å². The van der Waals surface area contributed by atoms with Crippen LogP contribution >= 0.6 is 0 Å². The number of carbonyl (C=O) groups excluding carboxylic acids is 1. The number of hydrogen-bond acceptors (Lipinski definition) is 3. The number of benzene rings is 1. The molecule has 100 valence electrons. The van der Waals surface area contributed by atoms with E-state index in [1.807, 2.05) is 32.0 Å². The van der Waals surface area contributed by atoms with Crippen molar-refractivity contribution in [3.8, 4) is 5.75 Å². The van der Waals surface area contributed by atoms with Crippen molar-refractivity contribution in [1.82, 2.24) is 5.32 Å². The van der Waals surface area contributed by atoms with Crippen molar-refractivity contribution in [3.05, 3.63) is 30.3 Å². The molecule has 0 spiro atoms. The molecule has 0 bridgehead atoms. The quantitative estimate of drug-likeness (QED) is 0.773. The smallest absolute Gasteiger partial charge is 0.258 e. The molecule has 0 aliphatic rings. The van der Waals surface area contributed by atoms with Gasteiger partial charge in [-0.3, -0.25) is 4.79 Å². The first kappa shape index (κ1) is 14.5. The number of hydrogen-bond donors (Lipinski definition) is 2. The third-order valence-electron chi connectivity index (χ3n) is 2.92. The number of aliphatic hydroxyl groups is 1. The van der Waals surface area contributed by atoms with Crippen LogP contribution in [0.25, 0.3) is 0 Å². The topological polar surface area (TPSA) is 58.6 Å². The van der Waals surface area contributed by atoms with Crippen LogP contribution < -0.4 is 10.1 Å². The van der Waals surface area contributed by atoms with Crippen LogP contribution in [0, 0.1) is 5.92 Å². The first-order valence-corrected chi connectivity index (χ1v) is 6.26. The van der Waals surface area contributed by atoms with Crippen molar-refractivity contribution in [2.45, 2.75) is 26.4 Å². The molecule has 0 heterocycles. The Morgan fingerprint density at radius 3 is 2.67 bits per heavy atom. The van der Waals surface area contributed by atoms with Gasteiger partial charge in [0.05, 0.1) is 6.10 Å². The predicted octanol–water partition coefficient (Wildman–Crippen LogP) is 1.59. The van der Waals surface area contributed by atoms with Gasteiger partial charge < -0.3 is 15.2 Å². The zero-order valence-corrected chi connectivity index (χ0v) is 10.9. The maximum absolute atomic E-state index is 11.5. The summed E-state index contributed by atoms with van der Waals surface area (Å²) in [6, 6.07) is 9.16. The van der Waals surface area contributed by atoms with Gasteiger partial charge >= 0.3 is 0 Å². The van der Waals surface area contributed by atoms with Crippen molar-refractivity contribution in [3.63, 3.8) is 0 Å². The second kappa shape index (κ2) is 7.71. The Morgan fingerprint density at radius 2 is 2.06 bits per heavy atom. The van der Waals surface area contributed by atoms with Crippen LogP contribution in [-0.4, -0.2) is 30.3 Å². The van der Waals surface area contributed by atoms with Crippen molar-refractivity contribution >= 4 is 5.91 Å². The molecule has 0 saturated heterocycles. The second-order valence-corrected chi connectivity index (χ2v) is 4.36. The highest BCUT2D eigenvalue weighted by molar-refractivity contribution is 5.77. The van der Waals surface area contributed by atoms with E-state index in [2.05, 4.69) is 5.32 Å². The monoisotopic (exact) mass is 251 g/mol. The number of aliphatic hydroxyl groups excluding tert-OH is 1. The summed E-state index contributed by atoms with van der Waals surface area (Å²) < 4.78 is 5.29. The van der Waals surface area contributed by atoms with E-state index in [4.69, 9.17) is 4.74 Å². The summed E-state index contributed by atoms with van der Waals surface area (Å²) in [5.41, 5.74) is 0. The van der Waals surface area contributed by atoms with Gasteiger partial charge in [-0.15, -0.1) is 0 Å². The fourth-order valence-corrected chi connectivity index (χ4v) is 1.41. The van der Waals surface area contributed by atoms with Gasteiger partial charge in [-0.25, -0.2) is 0 Å². The van der Waals surface area contributed by atoms with Gasteiger partial charge in [-0.05, 0) is 18.1 Å². The van der Waals surface area contributed by atoms with E-state index in [-0.39, 0.29) is 25.0 Å². The van der Waals surface area contributed by atoms with E-state index in [0.717, 1.165) is 6.42 Å². The highest BCUT2D eigenvalue weighted by Crippen LogP contribution is 2.08. The molecule has 0 aromatic heterocycles. The van der Waals surface area contributed by atoms with E-state index in [1.165, 1.54) is 0 Å². The van der Waals surface area contributed by atoms with Crippen molar-refractivity contribution < 1.29 is 14.6 Å².